The predicted molar refractivity (Wildman–Crippen MR) is 107 cm³/mol. The Morgan fingerprint density at radius 1 is 1.19 bits per heavy atom. The highest BCUT2D eigenvalue weighted by Gasteiger charge is 2.12. The van der Waals surface area contributed by atoms with Crippen LogP contribution >= 0.6 is 0 Å². The maximum absolute atomic E-state index is 11.9. The normalized spacial score (nSPS) is 10.9. The van der Waals surface area contributed by atoms with Gasteiger partial charge >= 0.3 is 0 Å². The maximum atomic E-state index is 11.9. The molecule has 5 heteroatoms. The smallest absolute Gasteiger partial charge is 0.251 e. The molecule has 26 heavy (non-hydrogen) atoms. The molecular formula is C21H26N4O. The Kier molecular flexibility index (Phi) is 5.26. The second-order valence-corrected chi connectivity index (χ2v) is 6.64. The lowest BCUT2D eigenvalue weighted by Crippen LogP contribution is -2.18. The van der Waals surface area contributed by atoms with E-state index in [4.69, 9.17) is 0 Å². The highest BCUT2D eigenvalue weighted by Crippen LogP contribution is 2.29. The summed E-state index contributed by atoms with van der Waals surface area (Å²) in [5, 5.41) is 7.26. The van der Waals surface area contributed by atoms with Gasteiger partial charge in [-0.15, -0.1) is 0 Å². The predicted octanol–water partition coefficient (Wildman–Crippen LogP) is 4.56. The van der Waals surface area contributed by atoms with Gasteiger partial charge in [0.05, 0.1) is 5.52 Å². The Morgan fingerprint density at radius 2 is 1.92 bits per heavy atom. The number of benzene rings is 1. The SMILES string of the molecule is CCCCn1ccc2c(Nc3c(C)cc(C(=O)NC)cc3C)nccc21. The van der Waals surface area contributed by atoms with Crippen molar-refractivity contribution < 1.29 is 4.79 Å². The van der Waals surface area contributed by atoms with Gasteiger partial charge in [-0.25, -0.2) is 4.98 Å². The van der Waals surface area contributed by atoms with Gasteiger partial charge in [0.1, 0.15) is 5.82 Å². The number of hydrogen-bond donors (Lipinski definition) is 2. The van der Waals surface area contributed by atoms with Crippen molar-refractivity contribution in [3.05, 3.63) is 53.3 Å². The van der Waals surface area contributed by atoms with Gasteiger partial charge in [-0.05, 0) is 55.7 Å². The van der Waals surface area contributed by atoms with Crippen molar-refractivity contribution >= 4 is 28.3 Å². The lowest BCUT2D eigenvalue weighted by molar-refractivity contribution is 0.0963. The molecule has 0 saturated heterocycles. The van der Waals surface area contributed by atoms with Crippen LogP contribution < -0.4 is 10.6 Å². The minimum Gasteiger partial charge on any atom is -0.355 e. The third-order valence-electron chi connectivity index (χ3n) is 4.72. The number of pyridine rings is 1. The molecule has 0 unspecified atom stereocenters. The summed E-state index contributed by atoms with van der Waals surface area (Å²) in [6, 6.07) is 7.98. The number of aromatic nitrogens is 2. The van der Waals surface area contributed by atoms with E-state index in [2.05, 4.69) is 45.4 Å². The molecule has 2 N–H and O–H groups in total. The molecule has 3 aromatic rings. The number of amides is 1. The molecule has 0 radical (unpaired) electrons. The van der Waals surface area contributed by atoms with Crippen molar-refractivity contribution in [1.82, 2.24) is 14.9 Å². The van der Waals surface area contributed by atoms with Crippen molar-refractivity contribution in [3.63, 3.8) is 0 Å². The van der Waals surface area contributed by atoms with Crippen molar-refractivity contribution in [1.29, 1.82) is 0 Å². The lowest BCUT2D eigenvalue weighted by atomic mass is 10.0. The van der Waals surface area contributed by atoms with E-state index in [9.17, 15) is 4.79 Å². The summed E-state index contributed by atoms with van der Waals surface area (Å²) < 4.78 is 2.28. The molecule has 0 atom stereocenters. The second-order valence-electron chi connectivity index (χ2n) is 6.64. The van der Waals surface area contributed by atoms with Gasteiger partial charge in [0.2, 0.25) is 0 Å². The highest BCUT2D eigenvalue weighted by molar-refractivity contribution is 5.96. The number of anilines is 2. The maximum Gasteiger partial charge on any atom is 0.251 e. The number of unbranched alkanes of at least 4 members (excludes halogenated alkanes) is 1. The van der Waals surface area contributed by atoms with Gasteiger partial charge in [-0.3, -0.25) is 4.79 Å². The monoisotopic (exact) mass is 350 g/mol. The van der Waals surface area contributed by atoms with Crippen LogP contribution in [0, 0.1) is 13.8 Å². The number of carbonyl (C=O) groups excluding carboxylic acids is 1. The highest BCUT2D eigenvalue weighted by atomic mass is 16.1. The minimum absolute atomic E-state index is 0.0732. The number of fused-ring (bicyclic) bond motifs is 1. The van der Waals surface area contributed by atoms with Crippen LogP contribution in [0.2, 0.25) is 0 Å². The molecule has 0 aliphatic carbocycles. The van der Waals surface area contributed by atoms with E-state index >= 15 is 0 Å². The Balaban J connectivity index is 1.97. The van der Waals surface area contributed by atoms with Crippen LogP contribution in [0.15, 0.2) is 36.7 Å². The van der Waals surface area contributed by atoms with Crippen LogP contribution in [0.3, 0.4) is 0 Å². The molecule has 0 saturated carbocycles. The van der Waals surface area contributed by atoms with Crippen molar-refractivity contribution in [3.8, 4) is 0 Å². The van der Waals surface area contributed by atoms with Crippen molar-refractivity contribution in [2.75, 3.05) is 12.4 Å². The largest absolute Gasteiger partial charge is 0.355 e. The van der Waals surface area contributed by atoms with E-state index in [1.807, 2.05) is 32.2 Å². The molecule has 0 aliphatic heterocycles. The molecule has 2 heterocycles. The van der Waals surface area contributed by atoms with Crippen molar-refractivity contribution in [2.24, 2.45) is 0 Å². The minimum atomic E-state index is -0.0732. The van der Waals surface area contributed by atoms with Gasteiger partial charge < -0.3 is 15.2 Å². The third-order valence-corrected chi connectivity index (χ3v) is 4.72. The van der Waals surface area contributed by atoms with Crippen LogP contribution in [0.5, 0.6) is 0 Å². The number of carbonyl (C=O) groups is 1. The van der Waals surface area contributed by atoms with Crippen LogP contribution in [0.25, 0.3) is 10.9 Å². The van der Waals surface area contributed by atoms with E-state index in [0.717, 1.165) is 41.0 Å². The second kappa shape index (κ2) is 7.60. The van der Waals surface area contributed by atoms with E-state index in [0.29, 0.717) is 5.56 Å². The molecule has 1 aromatic carbocycles. The Morgan fingerprint density at radius 3 is 2.58 bits per heavy atom. The molecule has 136 valence electrons. The standard InChI is InChI=1S/C21H26N4O/c1-5-6-10-25-11-8-17-18(25)7-9-23-20(17)24-19-14(2)12-16(13-15(19)3)21(26)22-4/h7-9,11-13H,5-6,10H2,1-4H3,(H,22,26)(H,23,24). The topological polar surface area (TPSA) is 59.0 Å². The number of aryl methyl sites for hydroxylation is 3. The average molecular weight is 350 g/mol. The number of hydrogen-bond acceptors (Lipinski definition) is 3. The van der Waals surface area contributed by atoms with E-state index in [1.54, 1.807) is 7.05 Å². The number of nitrogens with zero attached hydrogens (tertiary/aromatic N) is 2. The van der Waals surface area contributed by atoms with Crippen LogP contribution in [0.4, 0.5) is 11.5 Å². The molecule has 1 amide bonds. The van der Waals surface area contributed by atoms with E-state index in [1.165, 1.54) is 11.9 Å². The summed E-state index contributed by atoms with van der Waals surface area (Å²) in [4.78, 5) is 16.5. The molecule has 2 aromatic heterocycles. The van der Waals surface area contributed by atoms with Gasteiger partial charge in [0, 0.05) is 42.6 Å². The first kappa shape index (κ1) is 18.0. The van der Waals surface area contributed by atoms with Crippen LogP contribution in [-0.2, 0) is 6.54 Å². The zero-order valence-corrected chi connectivity index (χ0v) is 15.9. The first-order chi connectivity index (χ1) is 12.5. The molecule has 0 spiro atoms. The quantitative estimate of drug-likeness (QED) is 0.685. The average Bonchev–Trinajstić information content (AvgIpc) is 3.06. The van der Waals surface area contributed by atoms with Crippen molar-refractivity contribution in [2.45, 2.75) is 40.2 Å². The Hall–Kier alpha value is -2.82. The first-order valence-electron chi connectivity index (χ1n) is 9.09. The van der Waals surface area contributed by atoms with Gasteiger partial charge in [-0.1, -0.05) is 13.3 Å². The summed E-state index contributed by atoms with van der Waals surface area (Å²) in [7, 11) is 1.65. The molecule has 5 nitrogen and oxygen atoms in total. The van der Waals surface area contributed by atoms with E-state index < -0.39 is 0 Å². The molecule has 0 aliphatic rings. The number of rotatable bonds is 6. The molecular weight excluding hydrogens is 324 g/mol. The van der Waals surface area contributed by atoms with Gasteiger partial charge in [-0.2, -0.15) is 0 Å². The van der Waals surface area contributed by atoms with E-state index in [-0.39, 0.29) is 5.91 Å². The Labute approximate surface area is 154 Å². The summed E-state index contributed by atoms with van der Waals surface area (Å²) in [6.07, 6.45) is 6.30. The van der Waals surface area contributed by atoms with Gasteiger partial charge in [0.25, 0.3) is 5.91 Å². The zero-order valence-electron chi connectivity index (χ0n) is 15.9. The van der Waals surface area contributed by atoms with Gasteiger partial charge in [0.15, 0.2) is 0 Å². The Bertz CT molecular complexity index is 919. The summed E-state index contributed by atoms with van der Waals surface area (Å²) in [5.41, 5.74) is 4.90. The summed E-state index contributed by atoms with van der Waals surface area (Å²) in [6.45, 7) is 7.24. The molecule has 3 rings (SSSR count). The lowest BCUT2D eigenvalue weighted by Gasteiger charge is -2.15. The fraction of sp³-hybridized carbons (Fsp3) is 0.333. The first-order valence-corrected chi connectivity index (χ1v) is 9.09. The fourth-order valence-electron chi connectivity index (χ4n) is 3.30. The van der Waals surface area contributed by atoms with Crippen LogP contribution in [-0.4, -0.2) is 22.5 Å². The van der Waals surface area contributed by atoms with Crippen LogP contribution in [0.1, 0.15) is 41.3 Å². The fourth-order valence-corrected chi connectivity index (χ4v) is 3.30. The summed E-state index contributed by atoms with van der Waals surface area (Å²) >= 11 is 0. The third kappa shape index (κ3) is 3.43. The molecule has 0 bridgehead atoms. The number of nitrogens with one attached hydrogen (secondary N) is 2. The zero-order chi connectivity index (χ0) is 18.7. The summed E-state index contributed by atoms with van der Waals surface area (Å²) in [5.74, 6) is 0.771. The molecule has 0 fully saturated rings.